The van der Waals surface area contributed by atoms with Crippen molar-refractivity contribution in [3.63, 3.8) is 0 Å². The molecule has 9 nitrogen and oxygen atoms in total. The van der Waals surface area contributed by atoms with Gasteiger partial charge >= 0.3 is 0 Å². The highest BCUT2D eigenvalue weighted by Crippen LogP contribution is 2.34. The van der Waals surface area contributed by atoms with Crippen LogP contribution in [0.15, 0.2) is 40.8 Å². The van der Waals surface area contributed by atoms with Crippen molar-refractivity contribution in [3.05, 3.63) is 64.1 Å². The number of nitrogens with two attached hydrogens (primary N) is 2. The van der Waals surface area contributed by atoms with Gasteiger partial charge in [0.2, 0.25) is 0 Å². The first-order chi connectivity index (χ1) is 15.9. The van der Waals surface area contributed by atoms with Gasteiger partial charge in [0.25, 0.3) is 17.7 Å². The quantitative estimate of drug-likeness (QED) is 0.445. The molecule has 0 spiro atoms. The Morgan fingerprint density at radius 2 is 1.79 bits per heavy atom. The first-order valence-corrected chi connectivity index (χ1v) is 11.6. The van der Waals surface area contributed by atoms with Crippen LogP contribution in [0.2, 0.25) is 0 Å². The van der Waals surface area contributed by atoms with Crippen LogP contribution >= 0.6 is 11.5 Å². The van der Waals surface area contributed by atoms with Crippen molar-refractivity contribution in [1.29, 1.82) is 0 Å². The third-order valence-electron chi connectivity index (χ3n) is 5.57. The van der Waals surface area contributed by atoms with Crippen LogP contribution in [-0.4, -0.2) is 27.6 Å². The van der Waals surface area contributed by atoms with Crippen LogP contribution in [0.25, 0.3) is 0 Å². The van der Waals surface area contributed by atoms with Gasteiger partial charge in [-0.2, -0.15) is 4.37 Å². The van der Waals surface area contributed by atoms with Gasteiger partial charge in [-0.25, -0.2) is 0 Å². The number of hydrogen-bond acceptors (Lipinski definition) is 7. The summed E-state index contributed by atoms with van der Waals surface area (Å²) in [6.45, 7) is 9.42. The summed E-state index contributed by atoms with van der Waals surface area (Å²) in [7, 11) is 0. The van der Waals surface area contributed by atoms with Crippen LogP contribution < -0.4 is 21.7 Å². The van der Waals surface area contributed by atoms with Gasteiger partial charge in [-0.05, 0) is 69.9 Å². The summed E-state index contributed by atoms with van der Waals surface area (Å²) in [5.41, 5.74) is 12.0. The monoisotopic (exact) mass is 483 g/mol. The van der Waals surface area contributed by atoms with Gasteiger partial charge in [-0.15, -0.1) is 0 Å². The molecule has 180 valence electrons. The Kier molecular flexibility index (Phi) is 7.11. The number of amides is 3. The molecule has 34 heavy (non-hydrogen) atoms. The van der Waals surface area contributed by atoms with Crippen molar-refractivity contribution in [2.45, 2.75) is 52.6 Å². The largest absolute Gasteiger partial charge is 0.464 e. The summed E-state index contributed by atoms with van der Waals surface area (Å²) in [5, 5.41) is 3.01. The lowest BCUT2D eigenvalue weighted by molar-refractivity contribution is -0.124. The van der Waals surface area contributed by atoms with Crippen molar-refractivity contribution in [1.82, 2.24) is 9.69 Å². The van der Waals surface area contributed by atoms with Crippen molar-refractivity contribution < 1.29 is 18.8 Å². The van der Waals surface area contributed by atoms with E-state index in [-0.39, 0.29) is 22.0 Å². The second kappa shape index (κ2) is 9.68. The van der Waals surface area contributed by atoms with E-state index in [0.29, 0.717) is 17.9 Å². The number of primary amides is 1. The minimum absolute atomic E-state index is 0.00482. The Labute approximate surface area is 202 Å². The molecule has 0 fully saturated rings. The van der Waals surface area contributed by atoms with E-state index in [1.54, 1.807) is 31.2 Å². The maximum atomic E-state index is 13.9. The van der Waals surface area contributed by atoms with Gasteiger partial charge in [0, 0.05) is 11.2 Å². The summed E-state index contributed by atoms with van der Waals surface area (Å²) >= 11 is 0.757. The third-order valence-corrected chi connectivity index (χ3v) is 6.42. The first-order valence-electron chi connectivity index (χ1n) is 10.8. The number of rotatable bonds is 8. The number of benzene rings is 1. The molecule has 2 heterocycles. The SMILES string of the molecule is CCC(C)(C)NC(=O)[C@@H](c1ccc(C)o1)N(C(=O)c1snc(C(N)=O)c1N)c1ccc(C)cc1. The predicted molar refractivity (Wildman–Crippen MR) is 132 cm³/mol. The number of aryl methyl sites for hydroxylation is 2. The van der Waals surface area contributed by atoms with E-state index in [1.807, 2.05) is 39.8 Å². The molecule has 0 aliphatic rings. The number of furan rings is 1. The maximum Gasteiger partial charge on any atom is 0.273 e. The standard InChI is InChI=1S/C24H29N5O4S/c1-6-24(4,5)27-22(31)19(16-12-9-14(3)33-16)29(15-10-7-13(2)8-11-15)23(32)20-17(25)18(21(26)30)28-34-20/h7-12,19H,6,25H2,1-5H3,(H2,26,30)(H,27,31)/t19-/m1/s1. The molecular weight excluding hydrogens is 454 g/mol. The number of nitrogens with zero attached hydrogens (tertiary/aromatic N) is 2. The molecule has 0 radical (unpaired) electrons. The molecule has 2 aromatic heterocycles. The molecule has 0 unspecified atom stereocenters. The van der Waals surface area contributed by atoms with Crippen molar-refractivity contribution in [2.75, 3.05) is 10.6 Å². The number of anilines is 2. The summed E-state index contributed by atoms with van der Waals surface area (Å²) < 4.78 is 9.78. The maximum absolute atomic E-state index is 13.9. The Hall–Kier alpha value is -3.66. The van der Waals surface area contributed by atoms with Crippen LogP contribution in [0.1, 0.15) is 70.5 Å². The van der Waals surface area contributed by atoms with E-state index < -0.39 is 29.3 Å². The molecule has 0 bridgehead atoms. The molecule has 0 saturated carbocycles. The smallest absolute Gasteiger partial charge is 0.273 e. The van der Waals surface area contributed by atoms with Crippen LogP contribution in [0.3, 0.4) is 0 Å². The zero-order chi connectivity index (χ0) is 25.2. The van der Waals surface area contributed by atoms with Crippen molar-refractivity contribution >= 4 is 40.6 Å². The molecule has 10 heteroatoms. The normalized spacial score (nSPS) is 12.3. The number of aromatic nitrogens is 1. The summed E-state index contributed by atoms with van der Waals surface area (Å²) in [6, 6.07) is 9.38. The highest BCUT2D eigenvalue weighted by atomic mass is 32.1. The lowest BCUT2D eigenvalue weighted by atomic mass is 10.0. The minimum atomic E-state index is -1.15. The zero-order valence-corrected chi connectivity index (χ0v) is 20.7. The number of carbonyl (C=O) groups excluding carboxylic acids is 3. The Morgan fingerprint density at radius 1 is 1.15 bits per heavy atom. The topological polar surface area (TPSA) is 145 Å². The van der Waals surface area contributed by atoms with Crippen LogP contribution in [0.4, 0.5) is 11.4 Å². The van der Waals surface area contributed by atoms with E-state index in [1.165, 1.54) is 4.90 Å². The van der Waals surface area contributed by atoms with Gasteiger partial charge in [-0.3, -0.25) is 19.3 Å². The lowest BCUT2D eigenvalue weighted by Crippen LogP contribution is -2.50. The molecule has 0 saturated heterocycles. The lowest BCUT2D eigenvalue weighted by Gasteiger charge is -2.33. The molecule has 0 aliphatic carbocycles. The second-order valence-electron chi connectivity index (χ2n) is 8.73. The molecule has 3 aromatic rings. The van der Waals surface area contributed by atoms with Crippen molar-refractivity contribution in [2.24, 2.45) is 5.73 Å². The van der Waals surface area contributed by atoms with E-state index in [9.17, 15) is 14.4 Å². The van der Waals surface area contributed by atoms with Crippen LogP contribution in [0, 0.1) is 13.8 Å². The predicted octanol–water partition coefficient (Wildman–Crippen LogP) is 3.73. The van der Waals surface area contributed by atoms with Crippen LogP contribution in [-0.2, 0) is 4.79 Å². The molecule has 1 aromatic carbocycles. The highest BCUT2D eigenvalue weighted by molar-refractivity contribution is 7.09. The highest BCUT2D eigenvalue weighted by Gasteiger charge is 2.39. The van der Waals surface area contributed by atoms with Gasteiger partial charge in [0.15, 0.2) is 11.7 Å². The average molecular weight is 484 g/mol. The van der Waals surface area contributed by atoms with Crippen LogP contribution in [0.5, 0.6) is 0 Å². The first kappa shape index (κ1) is 25.0. The van der Waals surface area contributed by atoms with Gasteiger partial charge < -0.3 is 21.2 Å². The fourth-order valence-corrected chi connectivity index (χ4v) is 4.03. The molecule has 1 atom stereocenters. The number of carbonyl (C=O) groups is 3. The van der Waals surface area contributed by atoms with E-state index in [2.05, 4.69) is 9.69 Å². The zero-order valence-electron chi connectivity index (χ0n) is 19.8. The average Bonchev–Trinajstić information content (AvgIpc) is 3.37. The molecule has 3 rings (SSSR count). The number of hydrogen-bond donors (Lipinski definition) is 3. The number of nitrogen functional groups attached to an aromatic ring is 1. The van der Waals surface area contributed by atoms with Gasteiger partial charge in [-0.1, -0.05) is 24.6 Å². The van der Waals surface area contributed by atoms with E-state index >= 15 is 0 Å². The number of nitrogens with one attached hydrogen (secondary N) is 1. The minimum Gasteiger partial charge on any atom is -0.464 e. The Morgan fingerprint density at radius 3 is 2.29 bits per heavy atom. The fourth-order valence-electron chi connectivity index (χ4n) is 3.29. The summed E-state index contributed by atoms with van der Waals surface area (Å²) in [6.07, 6.45) is 0.672. The molecule has 0 aliphatic heterocycles. The van der Waals surface area contributed by atoms with E-state index in [4.69, 9.17) is 15.9 Å². The Balaban J connectivity index is 2.20. The third kappa shape index (κ3) is 5.12. The molecule has 3 amide bonds. The summed E-state index contributed by atoms with van der Waals surface area (Å²) in [4.78, 5) is 40.5. The second-order valence-corrected chi connectivity index (χ2v) is 9.50. The van der Waals surface area contributed by atoms with E-state index in [0.717, 1.165) is 17.1 Å². The summed E-state index contributed by atoms with van der Waals surface area (Å²) in [5.74, 6) is -0.986. The van der Waals surface area contributed by atoms with Crippen molar-refractivity contribution in [3.8, 4) is 0 Å². The molecular formula is C24H29N5O4S. The Bertz CT molecular complexity index is 1210. The fraction of sp³-hybridized carbons (Fsp3) is 0.333. The van der Waals surface area contributed by atoms with Gasteiger partial charge in [0.05, 0.1) is 5.69 Å². The van der Waals surface area contributed by atoms with Gasteiger partial charge in [0.1, 0.15) is 16.4 Å². The molecule has 5 N–H and O–H groups in total.